The van der Waals surface area contributed by atoms with E-state index in [1.54, 1.807) is 35.2 Å². The first kappa shape index (κ1) is 16.7. The van der Waals surface area contributed by atoms with Crippen molar-refractivity contribution in [1.82, 2.24) is 25.1 Å². The number of nitrogens with one attached hydrogen (secondary N) is 2. The molecule has 6 nitrogen and oxygen atoms in total. The van der Waals surface area contributed by atoms with Crippen molar-refractivity contribution in [1.29, 1.82) is 0 Å². The smallest absolute Gasteiger partial charge is 0.268 e. The van der Waals surface area contributed by atoms with Crippen LogP contribution in [0.1, 0.15) is 28.9 Å². The third-order valence-electron chi connectivity index (χ3n) is 5.40. The molecule has 1 saturated carbocycles. The second-order valence-electron chi connectivity index (χ2n) is 7.20. The number of aryl methyl sites for hydroxylation is 1. The van der Waals surface area contributed by atoms with Crippen molar-refractivity contribution >= 4 is 16.9 Å². The van der Waals surface area contributed by atoms with E-state index < -0.39 is 5.54 Å². The lowest BCUT2D eigenvalue weighted by molar-refractivity contribution is 0.0922. The Morgan fingerprint density at radius 2 is 2.07 bits per heavy atom. The van der Waals surface area contributed by atoms with E-state index in [1.807, 2.05) is 25.2 Å². The fourth-order valence-electron chi connectivity index (χ4n) is 3.69. The first-order chi connectivity index (χ1) is 13.6. The van der Waals surface area contributed by atoms with Crippen LogP contribution in [-0.4, -0.2) is 25.7 Å². The summed E-state index contributed by atoms with van der Waals surface area (Å²) in [4.78, 5) is 17.7. The number of nitrogens with zero attached hydrogens (tertiary/aromatic N) is 3. The first-order valence-electron chi connectivity index (χ1n) is 9.11. The summed E-state index contributed by atoms with van der Waals surface area (Å²) < 4.78 is 16.0. The lowest BCUT2D eigenvalue weighted by Gasteiger charge is -2.18. The number of fused-ring (bicyclic) bond motifs is 1. The Balaban J connectivity index is 1.48. The minimum absolute atomic E-state index is 0.230. The standard InChI is InChI=1S/C21H18FN5O/c1-27-18(10-13-6-7-17(25-19(13)27)14-11-23-24-12-14)20(28)26-21(8-9-21)15-4-2-3-5-16(15)22/h2-7,10-12H,8-9H2,1H3,(H,23,24)(H,26,28). The van der Waals surface area contributed by atoms with Crippen LogP contribution in [0, 0.1) is 5.82 Å². The summed E-state index contributed by atoms with van der Waals surface area (Å²) in [5.74, 6) is -0.519. The van der Waals surface area contributed by atoms with Gasteiger partial charge in [-0.15, -0.1) is 0 Å². The number of carbonyl (C=O) groups excluding carboxylic acids is 1. The van der Waals surface area contributed by atoms with Crippen molar-refractivity contribution in [2.24, 2.45) is 7.05 Å². The minimum Gasteiger partial charge on any atom is -0.341 e. The zero-order valence-electron chi connectivity index (χ0n) is 15.2. The van der Waals surface area contributed by atoms with Crippen molar-refractivity contribution < 1.29 is 9.18 Å². The maximum Gasteiger partial charge on any atom is 0.268 e. The van der Waals surface area contributed by atoms with Crippen LogP contribution in [0.5, 0.6) is 0 Å². The minimum atomic E-state index is -0.617. The zero-order valence-corrected chi connectivity index (χ0v) is 15.2. The number of aromatic amines is 1. The van der Waals surface area contributed by atoms with Crippen molar-refractivity contribution in [3.05, 3.63) is 71.9 Å². The fourth-order valence-corrected chi connectivity index (χ4v) is 3.69. The third kappa shape index (κ3) is 2.58. The highest BCUT2D eigenvalue weighted by atomic mass is 19.1. The molecule has 4 aromatic rings. The van der Waals surface area contributed by atoms with Gasteiger partial charge in [-0.2, -0.15) is 5.10 Å². The quantitative estimate of drug-likeness (QED) is 0.573. The number of carbonyl (C=O) groups is 1. The molecule has 0 aliphatic heterocycles. The molecule has 1 fully saturated rings. The van der Waals surface area contributed by atoms with Crippen LogP contribution in [0.3, 0.4) is 0 Å². The molecular weight excluding hydrogens is 357 g/mol. The van der Waals surface area contributed by atoms with Gasteiger partial charge in [-0.3, -0.25) is 9.89 Å². The maximum absolute atomic E-state index is 14.2. The van der Waals surface area contributed by atoms with E-state index in [2.05, 4.69) is 20.5 Å². The van der Waals surface area contributed by atoms with Gasteiger partial charge in [0.2, 0.25) is 0 Å². The van der Waals surface area contributed by atoms with Crippen LogP contribution >= 0.6 is 0 Å². The van der Waals surface area contributed by atoms with Crippen molar-refractivity contribution in [3.8, 4) is 11.3 Å². The molecule has 7 heteroatoms. The highest BCUT2D eigenvalue weighted by molar-refractivity contribution is 5.98. The largest absolute Gasteiger partial charge is 0.341 e. The second kappa shape index (κ2) is 6.02. The van der Waals surface area contributed by atoms with E-state index in [1.165, 1.54) is 6.07 Å². The molecule has 5 rings (SSSR count). The Bertz CT molecular complexity index is 1190. The molecule has 0 spiro atoms. The monoisotopic (exact) mass is 375 g/mol. The molecule has 3 heterocycles. The second-order valence-corrected chi connectivity index (χ2v) is 7.20. The summed E-state index contributed by atoms with van der Waals surface area (Å²) in [6.45, 7) is 0. The summed E-state index contributed by atoms with van der Waals surface area (Å²) in [5.41, 5.74) is 2.79. The highest BCUT2D eigenvalue weighted by Gasteiger charge is 2.47. The summed E-state index contributed by atoms with van der Waals surface area (Å²) in [6, 6.07) is 12.3. The molecule has 0 saturated heterocycles. The Morgan fingerprint density at radius 1 is 1.25 bits per heavy atom. The number of hydrogen-bond donors (Lipinski definition) is 2. The Hall–Kier alpha value is -3.48. The molecule has 0 atom stereocenters. The van der Waals surface area contributed by atoms with Crippen molar-refractivity contribution in [2.75, 3.05) is 0 Å². The van der Waals surface area contributed by atoms with E-state index in [9.17, 15) is 9.18 Å². The van der Waals surface area contributed by atoms with Gasteiger partial charge < -0.3 is 9.88 Å². The number of H-pyrrole nitrogens is 1. The van der Waals surface area contributed by atoms with E-state index in [0.29, 0.717) is 16.9 Å². The third-order valence-corrected chi connectivity index (χ3v) is 5.40. The van der Waals surface area contributed by atoms with Gasteiger partial charge in [-0.25, -0.2) is 9.37 Å². The predicted octanol–water partition coefficient (Wildman–Crippen LogP) is 3.52. The lowest BCUT2D eigenvalue weighted by Crippen LogP contribution is -2.36. The van der Waals surface area contributed by atoms with Gasteiger partial charge in [0, 0.05) is 29.8 Å². The van der Waals surface area contributed by atoms with Gasteiger partial charge in [-0.1, -0.05) is 18.2 Å². The number of benzene rings is 1. The molecule has 2 N–H and O–H groups in total. The van der Waals surface area contributed by atoms with Gasteiger partial charge in [0.05, 0.1) is 17.4 Å². The Labute approximate surface area is 160 Å². The van der Waals surface area contributed by atoms with Crippen LogP contribution in [0.25, 0.3) is 22.3 Å². The van der Waals surface area contributed by atoms with Crippen LogP contribution in [0.4, 0.5) is 4.39 Å². The first-order valence-corrected chi connectivity index (χ1v) is 9.11. The molecule has 0 bridgehead atoms. The van der Waals surface area contributed by atoms with Gasteiger partial charge in [0.25, 0.3) is 5.91 Å². The number of rotatable bonds is 4. The molecule has 0 unspecified atom stereocenters. The summed E-state index contributed by atoms with van der Waals surface area (Å²) >= 11 is 0. The summed E-state index contributed by atoms with van der Waals surface area (Å²) in [7, 11) is 1.81. The summed E-state index contributed by atoms with van der Waals surface area (Å²) in [6.07, 6.45) is 4.94. The normalized spacial score (nSPS) is 14.9. The van der Waals surface area contributed by atoms with E-state index in [0.717, 1.165) is 29.5 Å². The topological polar surface area (TPSA) is 75.6 Å². The maximum atomic E-state index is 14.2. The van der Waals surface area contributed by atoms with Crippen molar-refractivity contribution in [3.63, 3.8) is 0 Å². The Morgan fingerprint density at radius 3 is 2.79 bits per heavy atom. The van der Waals surface area contributed by atoms with E-state index >= 15 is 0 Å². The molecule has 1 amide bonds. The molecule has 140 valence electrons. The van der Waals surface area contributed by atoms with Crippen LogP contribution < -0.4 is 5.32 Å². The molecule has 0 radical (unpaired) electrons. The van der Waals surface area contributed by atoms with E-state index in [-0.39, 0.29) is 11.7 Å². The molecule has 1 aromatic carbocycles. The van der Waals surface area contributed by atoms with Gasteiger partial charge in [-0.05, 0) is 37.1 Å². The number of pyridine rings is 1. The van der Waals surface area contributed by atoms with Crippen LogP contribution in [0.15, 0.2) is 54.9 Å². The molecule has 1 aliphatic carbocycles. The van der Waals surface area contributed by atoms with E-state index in [4.69, 9.17) is 0 Å². The molecule has 1 aliphatic rings. The van der Waals surface area contributed by atoms with Crippen LogP contribution in [-0.2, 0) is 12.6 Å². The number of aromatic nitrogens is 4. The number of hydrogen-bond acceptors (Lipinski definition) is 3. The van der Waals surface area contributed by atoms with Gasteiger partial charge in [0.15, 0.2) is 0 Å². The van der Waals surface area contributed by atoms with Crippen LogP contribution in [0.2, 0.25) is 0 Å². The van der Waals surface area contributed by atoms with Gasteiger partial charge >= 0.3 is 0 Å². The fraction of sp³-hybridized carbons (Fsp3) is 0.190. The molecule has 28 heavy (non-hydrogen) atoms. The molecule has 3 aromatic heterocycles. The average Bonchev–Trinajstić information content (AvgIpc) is 3.13. The van der Waals surface area contributed by atoms with Gasteiger partial charge in [0.1, 0.15) is 17.2 Å². The SMILES string of the molecule is Cn1c(C(=O)NC2(c3ccccc3F)CC2)cc2ccc(-c3cn[nH]c3)nc21. The summed E-state index contributed by atoms with van der Waals surface area (Å²) in [5, 5.41) is 10.6. The molecular formula is C21H18FN5O. The average molecular weight is 375 g/mol. The number of amides is 1. The number of halogens is 1. The predicted molar refractivity (Wildman–Crippen MR) is 103 cm³/mol. The Kier molecular flexibility index (Phi) is 3.58. The van der Waals surface area contributed by atoms with Crippen molar-refractivity contribution in [2.45, 2.75) is 18.4 Å². The lowest BCUT2D eigenvalue weighted by atomic mass is 10.0. The highest BCUT2D eigenvalue weighted by Crippen LogP contribution is 2.46. The zero-order chi connectivity index (χ0) is 19.3.